The molecular formula is C20H17BrFNO6S. The lowest BCUT2D eigenvalue weighted by atomic mass is 10.2. The summed E-state index contributed by atoms with van der Waals surface area (Å²) in [6.45, 7) is -1.08. The maximum absolute atomic E-state index is 13.1. The van der Waals surface area contributed by atoms with Crippen molar-refractivity contribution in [3.8, 4) is 5.75 Å². The zero-order valence-electron chi connectivity index (χ0n) is 15.5. The lowest BCUT2D eigenvalue weighted by Gasteiger charge is -2.27. The lowest BCUT2D eigenvalue weighted by molar-refractivity contribution is -0.149. The molecule has 1 atom stereocenters. The molecule has 0 bridgehead atoms. The van der Waals surface area contributed by atoms with Gasteiger partial charge in [-0.1, -0.05) is 18.2 Å². The van der Waals surface area contributed by atoms with E-state index in [0.717, 1.165) is 5.41 Å². The van der Waals surface area contributed by atoms with Crippen LogP contribution in [0.25, 0.3) is 0 Å². The van der Waals surface area contributed by atoms with E-state index in [1.807, 2.05) is 0 Å². The van der Waals surface area contributed by atoms with Crippen LogP contribution in [0, 0.1) is 5.82 Å². The third-order valence-electron chi connectivity index (χ3n) is 4.14. The van der Waals surface area contributed by atoms with Crippen LogP contribution in [-0.4, -0.2) is 45.3 Å². The molecule has 0 fully saturated rings. The van der Waals surface area contributed by atoms with E-state index in [1.165, 1.54) is 29.2 Å². The Hall–Kier alpha value is -2.72. The summed E-state index contributed by atoms with van der Waals surface area (Å²) in [5.41, 5.74) is 0.483. The minimum absolute atomic E-state index is 0.242. The monoisotopic (exact) mass is 497 g/mol. The Morgan fingerprint density at radius 1 is 1.13 bits per heavy atom. The predicted octanol–water partition coefficient (Wildman–Crippen LogP) is 2.85. The quantitative estimate of drug-likeness (QED) is 0.546. The highest BCUT2D eigenvalue weighted by molar-refractivity contribution is 9.10. The zero-order valence-corrected chi connectivity index (χ0v) is 17.9. The van der Waals surface area contributed by atoms with Crippen LogP contribution in [-0.2, 0) is 24.2 Å². The molecule has 30 heavy (non-hydrogen) atoms. The van der Waals surface area contributed by atoms with Crippen LogP contribution in [0.5, 0.6) is 5.75 Å². The number of carbonyl (C=O) groups excluding carboxylic acids is 2. The average molecular weight is 498 g/mol. The van der Waals surface area contributed by atoms with Gasteiger partial charge in [0.2, 0.25) is 0 Å². The van der Waals surface area contributed by atoms with Gasteiger partial charge in [0, 0.05) is 11.1 Å². The van der Waals surface area contributed by atoms with Gasteiger partial charge in [-0.3, -0.25) is 4.79 Å². The normalized spacial score (nSPS) is 16.8. The van der Waals surface area contributed by atoms with Crippen molar-refractivity contribution < 1.29 is 31.9 Å². The number of halogens is 2. The second-order valence-corrected chi connectivity index (χ2v) is 9.13. The highest BCUT2D eigenvalue weighted by atomic mass is 79.9. The Kier molecular flexibility index (Phi) is 6.88. The first kappa shape index (κ1) is 22.0. The van der Waals surface area contributed by atoms with Gasteiger partial charge in [-0.15, -0.1) is 0 Å². The molecule has 7 nitrogen and oxygen atoms in total. The largest absolute Gasteiger partial charge is 0.481 e. The van der Waals surface area contributed by atoms with Gasteiger partial charge in [0.25, 0.3) is 5.91 Å². The molecule has 0 spiro atoms. The third kappa shape index (κ3) is 5.67. The van der Waals surface area contributed by atoms with Crippen LogP contribution < -0.4 is 9.64 Å². The molecule has 3 rings (SSSR count). The lowest BCUT2D eigenvalue weighted by Crippen LogP contribution is -2.43. The van der Waals surface area contributed by atoms with Gasteiger partial charge in [0.1, 0.15) is 11.6 Å². The standard InChI is InChI=1S/C20H17BrFNO6S/c21-17-10-14(22)6-7-18(17)28-12-20(25)29-11-19(24)23(15-4-2-1-3-5-15)16-8-9-30(26,27)13-16/h1-10,16H,11-13H2. The van der Waals surface area contributed by atoms with E-state index >= 15 is 0 Å². The molecule has 2 aromatic rings. The Bertz CT molecular complexity index is 1070. The van der Waals surface area contributed by atoms with Gasteiger partial charge in [0.15, 0.2) is 23.1 Å². The molecule has 2 aromatic carbocycles. The number of rotatable bonds is 7. The van der Waals surface area contributed by atoms with Crippen molar-refractivity contribution in [2.75, 3.05) is 23.9 Å². The van der Waals surface area contributed by atoms with Crippen LogP contribution in [0.4, 0.5) is 10.1 Å². The highest BCUT2D eigenvalue weighted by Gasteiger charge is 2.31. The topological polar surface area (TPSA) is 90.0 Å². The number of amides is 1. The van der Waals surface area contributed by atoms with E-state index in [9.17, 15) is 22.4 Å². The molecule has 1 aliphatic rings. The summed E-state index contributed by atoms with van der Waals surface area (Å²) in [4.78, 5) is 26.0. The Morgan fingerprint density at radius 2 is 1.87 bits per heavy atom. The zero-order chi connectivity index (χ0) is 21.7. The maximum atomic E-state index is 13.1. The molecule has 1 aliphatic heterocycles. The van der Waals surface area contributed by atoms with Gasteiger partial charge < -0.3 is 14.4 Å². The van der Waals surface area contributed by atoms with Gasteiger partial charge in [0.05, 0.1) is 16.3 Å². The first-order chi connectivity index (χ1) is 14.2. The number of benzene rings is 2. The van der Waals surface area contributed by atoms with Crippen molar-refractivity contribution in [2.24, 2.45) is 0 Å². The minimum atomic E-state index is -3.39. The number of sulfone groups is 1. The molecule has 1 heterocycles. The number of nitrogens with zero attached hydrogens (tertiary/aromatic N) is 1. The van der Waals surface area contributed by atoms with Crippen molar-refractivity contribution in [3.05, 3.63) is 70.3 Å². The highest BCUT2D eigenvalue weighted by Crippen LogP contribution is 2.25. The third-order valence-corrected chi connectivity index (χ3v) is 6.14. The maximum Gasteiger partial charge on any atom is 0.344 e. The molecular weight excluding hydrogens is 481 g/mol. The average Bonchev–Trinajstić information content (AvgIpc) is 3.06. The number of para-hydroxylation sites is 1. The van der Waals surface area contributed by atoms with E-state index in [0.29, 0.717) is 10.2 Å². The number of esters is 1. The van der Waals surface area contributed by atoms with Gasteiger partial charge in [-0.05, 0) is 52.3 Å². The Labute approximate surface area is 181 Å². The number of carbonyl (C=O) groups is 2. The molecule has 10 heteroatoms. The fourth-order valence-corrected chi connectivity index (χ4v) is 4.54. The fraction of sp³-hybridized carbons (Fsp3) is 0.200. The molecule has 0 radical (unpaired) electrons. The number of anilines is 1. The Balaban J connectivity index is 1.61. The first-order valence-electron chi connectivity index (χ1n) is 8.77. The smallest absolute Gasteiger partial charge is 0.344 e. The second-order valence-electron chi connectivity index (χ2n) is 6.35. The number of hydrogen-bond acceptors (Lipinski definition) is 6. The fourth-order valence-electron chi connectivity index (χ4n) is 2.81. The van der Waals surface area contributed by atoms with Crippen molar-refractivity contribution in [1.82, 2.24) is 0 Å². The summed E-state index contributed by atoms with van der Waals surface area (Å²) >= 11 is 3.12. The van der Waals surface area contributed by atoms with E-state index in [2.05, 4.69) is 15.9 Å². The van der Waals surface area contributed by atoms with Crippen molar-refractivity contribution in [2.45, 2.75) is 6.04 Å². The molecule has 0 saturated carbocycles. The van der Waals surface area contributed by atoms with Gasteiger partial charge >= 0.3 is 5.97 Å². The molecule has 0 N–H and O–H groups in total. The molecule has 0 aromatic heterocycles. The summed E-state index contributed by atoms with van der Waals surface area (Å²) in [6.07, 6.45) is 1.43. The molecule has 158 valence electrons. The summed E-state index contributed by atoms with van der Waals surface area (Å²) in [5.74, 6) is -1.85. The molecule has 0 aliphatic carbocycles. The molecule has 1 unspecified atom stereocenters. The molecule has 0 saturated heterocycles. The first-order valence-corrected chi connectivity index (χ1v) is 11.3. The Morgan fingerprint density at radius 3 is 2.50 bits per heavy atom. The predicted molar refractivity (Wildman–Crippen MR) is 111 cm³/mol. The van der Waals surface area contributed by atoms with Crippen LogP contribution in [0.15, 0.2) is 64.5 Å². The van der Waals surface area contributed by atoms with Crippen LogP contribution in [0.2, 0.25) is 0 Å². The van der Waals surface area contributed by atoms with Crippen LogP contribution >= 0.6 is 15.9 Å². The van der Waals surface area contributed by atoms with Gasteiger partial charge in [-0.2, -0.15) is 0 Å². The van der Waals surface area contributed by atoms with Crippen LogP contribution in [0.1, 0.15) is 0 Å². The summed E-state index contributed by atoms with van der Waals surface area (Å²) in [5, 5.41) is 1.07. The minimum Gasteiger partial charge on any atom is -0.481 e. The van der Waals surface area contributed by atoms with Crippen molar-refractivity contribution >= 4 is 43.3 Å². The van der Waals surface area contributed by atoms with Crippen molar-refractivity contribution in [3.63, 3.8) is 0 Å². The van der Waals surface area contributed by atoms with E-state index in [-0.39, 0.29) is 11.5 Å². The second kappa shape index (κ2) is 9.40. The van der Waals surface area contributed by atoms with E-state index in [1.54, 1.807) is 30.3 Å². The summed E-state index contributed by atoms with van der Waals surface area (Å²) in [6, 6.07) is 11.5. The van der Waals surface area contributed by atoms with Crippen molar-refractivity contribution in [1.29, 1.82) is 0 Å². The van der Waals surface area contributed by atoms with Crippen LogP contribution in [0.3, 0.4) is 0 Å². The number of ether oxygens (including phenoxy) is 2. The van der Waals surface area contributed by atoms with Gasteiger partial charge in [-0.25, -0.2) is 17.6 Å². The summed E-state index contributed by atoms with van der Waals surface area (Å²) < 4.78 is 47.2. The molecule has 1 amide bonds. The summed E-state index contributed by atoms with van der Waals surface area (Å²) in [7, 11) is -3.39. The number of hydrogen-bond donors (Lipinski definition) is 0. The SMILES string of the molecule is O=C(COc1ccc(F)cc1Br)OCC(=O)N(c1ccccc1)C1C=CS(=O)(=O)C1. The van der Waals surface area contributed by atoms with E-state index in [4.69, 9.17) is 9.47 Å². The van der Waals surface area contributed by atoms with E-state index < -0.39 is 46.8 Å².